The minimum absolute atomic E-state index is 0. The summed E-state index contributed by atoms with van der Waals surface area (Å²) >= 11 is 3.33. The van der Waals surface area contributed by atoms with Crippen LogP contribution in [0, 0.1) is 21.7 Å². The van der Waals surface area contributed by atoms with Crippen molar-refractivity contribution in [2.24, 2.45) is 21.7 Å². The molecular formula is C26H54W15. The second kappa shape index (κ2) is 74.7. The van der Waals surface area contributed by atoms with E-state index in [1.54, 1.807) is 32.4 Å². The largest absolute Gasteiger partial charge is 0.0623 e. The van der Waals surface area contributed by atoms with Gasteiger partial charge in [-0.2, -0.15) is 0 Å². The summed E-state index contributed by atoms with van der Waals surface area (Å²) in [6.45, 7) is 35.0. The van der Waals surface area contributed by atoms with Gasteiger partial charge in [-0.25, -0.2) is 0 Å². The van der Waals surface area contributed by atoms with Crippen molar-refractivity contribution in [2.75, 3.05) is 0 Å². The molecule has 0 aliphatic rings. The van der Waals surface area contributed by atoms with E-state index in [2.05, 4.69) is 111 Å². The van der Waals surface area contributed by atoms with Gasteiger partial charge in [0.1, 0.15) is 0 Å². The normalized spacial score (nSPS) is 7.12. The Kier molecular flexibility index (Phi) is 213. The van der Waals surface area contributed by atoms with Gasteiger partial charge in [-0.1, -0.05) is 147 Å². The third-order valence-electron chi connectivity index (χ3n) is 0.667. The van der Waals surface area contributed by atoms with Gasteiger partial charge >= 0.3 is 32.4 Å². The zero-order chi connectivity index (χ0) is 24.2. The summed E-state index contributed by atoms with van der Waals surface area (Å²) in [5, 5.41) is 0. The Morgan fingerprint density at radius 2 is 0.244 bits per heavy atom. The SMILES string of the molecule is CC(C)(C)C.CC(C)(C)C.CC(C)(C)C.CC(C)(C)C.[W].[W].[W].[W].[W].[W].[W].[W].[W].[W].[W].[W].[W].[W]=[W].c1ccccc1. The first-order chi connectivity index (χ1) is 12.0. The molecule has 0 aromatic heterocycles. The van der Waals surface area contributed by atoms with Crippen LogP contribution in [0.15, 0.2) is 36.4 Å². The van der Waals surface area contributed by atoms with Crippen LogP contribution < -0.4 is 0 Å². The minimum Gasteiger partial charge on any atom is -0.0623 e. The molecule has 0 saturated heterocycles. The number of hydrogen-bond acceptors (Lipinski definition) is 0. The van der Waals surface area contributed by atoms with Crippen molar-refractivity contribution in [3.8, 4) is 0 Å². The van der Waals surface area contributed by atoms with Crippen LogP contribution in [0.5, 0.6) is 0 Å². The Morgan fingerprint density at radius 3 is 0.268 bits per heavy atom. The van der Waals surface area contributed by atoms with Gasteiger partial charge in [0.15, 0.2) is 0 Å². The molecule has 0 atom stereocenters. The summed E-state index contributed by atoms with van der Waals surface area (Å²) in [4.78, 5) is 0. The van der Waals surface area contributed by atoms with E-state index in [9.17, 15) is 0 Å². The molecule has 0 spiro atoms. The maximum Gasteiger partial charge on any atom is -0.0623 e. The third-order valence-corrected chi connectivity index (χ3v) is 0.667. The Balaban J connectivity index is -0.00000000922. The van der Waals surface area contributed by atoms with Gasteiger partial charge in [0.05, 0.1) is 0 Å². The first-order valence-electron chi connectivity index (χ1n) is 10.2. The molecule has 0 N–H and O–H groups in total. The molecule has 248 valence electrons. The fraction of sp³-hybridized carbons (Fsp3) is 0.769. The summed E-state index contributed by atoms with van der Waals surface area (Å²) < 4.78 is 0. The fourth-order valence-corrected chi connectivity index (χ4v) is 0.385. The molecule has 15 heteroatoms. The maximum atomic E-state index is 2.19. The van der Waals surface area contributed by atoms with Crippen molar-refractivity contribution in [3.63, 3.8) is 0 Å². The van der Waals surface area contributed by atoms with E-state index >= 15 is 0 Å². The third kappa shape index (κ3) is 463. The van der Waals surface area contributed by atoms with Gasteiger partial charge in [-0.3, -0.25) is 0 Å². The zero-order valence-corrected chi connectivity index (χ0v) is 71.6. The molecule has 41 heavy (non-hydrogen) atoms. The van der Waals surface area contributed by atoms with Crippen molar-refractivity contribution in [1.29, 1.82) is 0 Å². The second-order valence-corrected chi connectivity index (χ2v) is 13.2. The second-order valence-electron chi connectivity index (χ2n) is 13.2. The van der Waals surface area contributed by atoms with Crippen LogP contribution in [-0.4, -0.2) is 0 Å². The smallest absolute Gasteiger partial charge is 0.0623 e. The van der Waals surface area contributed by atoms with Gasteiger partial charge in [-0.15, -0.1) is 0 Å². The summed E-state index contributed by atoms with van der Waals surface area (Å²) in [5.41, 5.74) is 2.00. The molecule has 0 unspecified atom stereocenters. The first kappa shape index (κ1) is 117. The molecule has 1 rings (SSSR count). The van der Waals surface area contributed by atoms with Crippen molar-refractivity contribution < 1.29 is 306 Å². The van der Waals surface area contributed by atoms with Crippen LogP contribution in [0.2, 0.25) is 0 Å². The molecular weight excluding hydrogens is 3070 g/mol. The van der Waals surface area contributed by atoms with E-state index in [1.807, 2.05) is 36.4 Å². The number of benzene rings is 1. The molecule has 0 fully saturated rings. The fourth-order valence-electron chi connectivity index (χ4n) is 0.385. The van der Waals surface area contributed by atoms with Gasteiger partial charge in [0.25, 0.3) is 0 Å². The van der Waals surface area contributed by atoms with Crippen LogP contribution >= 0.6 is 0 Å². The average Bonchev–Trinajstić information content (AvgIpc) is 2.35. The quantitative estimate of drug-likeness (QED) is 0.243. The van der Waals surface area contributed by atoms with Gasteiger partial charge in [0.2, 0.25) is 0 Å². The Hall–Kier alpha value is 9.54. The average molecular weight is 3120 g/mol. The first-order valence-corrected chi connectivity index (χ1v) is 21.2. The maximum absolute atomic E-state index is 2.19. The Bertz CT molecular complexity index is 311. The van der Waals surface area contributed by atoms with Gasteiger partial charge < -0.3 is 0 Å². The van der Waals surface area contributed by atoms with E-state index < -0.39 is 0 Å². The monoisotopic (exact) mass is 3130 g/mol. The predicted octanol–water partition coefficient (Wildman–Crippen LogP) is 9.86. The minimum atomic E-state index is 0. The summed E-state index contributed by atoms with van der Waals surface area (Å²) in [5.74, 6) is 0. The van der Waals surface area contributed by atoms with E-state index in [4.69, 9.17) is 0 Å². The molecule has 1 aromatic carbocycles. The van der Waals surface area contributed by atoms with Crippen molar-refractivity contribution in [2.45, 2.75) is 111 Å². The summed E-state index contributed by atoms with van der Waals surface area (Å²) in [6, 6.07) is 12.0. The number of hydrogen-bond donors (Lipinski definition) is 0. The molecule has 0 nitrogen and oxygen atoms in total. The van der Waals surface area contributed by atoms with Crippen LogP contribution in [0.3, 0.4) is 0 Å². The molecule has 0 saturated carbocycles. The molecule has 0 bridgehead atoms. The zero-order valence-electron chi connectivity index (χ0n) is 27.6. The molecule has 0 aliphatic carbocycles. The molecule has 0 amide bonds. The van der Waals surface area contributed by atoms with Crippen molar-refractivity contribution in [3.05, 3.63) is 36.4 Å². The Morgan fingerprint density at radius 1 is 0.220 bits per heavy atom. The van der Waals surface area contributed by atoms with Crippen LogP contribution in [0.1, 0.15) is 111 Å². The van der Waals surface area contributed by atoms with Crippen LogP contribution in [-0.2, 0) is 306 Å². The van der Waals surface area contributed by atoms with Gasteiger partial charge in [-0.05, 0) is 21.7 Å². The van der Waals surface area contributed by atoms with E-state index in [0.29, 0.717) is 21.7 Å². The molecule has 0 aliphatic heterocycles. The van der Waals surface area contributed by atoms with Gasteiger partial charge in [0, 0.05) is 274 Å². The summed E-state index contributed by atoms with van der Waals surface area (Å²) in [7, 11) is 0. The molecule has 0 radical (unpaired) electrons. The standard InChI is InChI=1S/C6H6.4C5H12.15W/c1-2-4-6-5-3-1;4*1-5(2,3)4;;;;;;;;;;;;;;;/h1-6H;4*1-4H3;;;;;;;;;;;;;;;. The summed E-state index contributed by atoms with van der Waals surface area (Å²) in [6.07, 6.45) is 0. The van der Waals surface area contributed by atoms with Crippen molar-refractivity contribution in [1.82, 2.24) is 0 Å². The number of rotatable bonds is 0. The Labute approximate surface area is 465 Å². The topological polar surface area (TPSA) is 0 Å². The van der Waals surface area contributed by atoms with E-state index in [-0.39, 0.29) is 274 Å². The molecule has 0 heterocycles. The van der Waals surface area contributed by atoms with Crippen LogP contribution in [0.4, 0.5) is 0 Å². The van der Waals surface area contributed by atoms with Crippen molar-refractivity contribution >= 4 is 0 Å². The van der Waals surface area contributed by atoms with E-state index in [0.717, 1.165) is 0 Å². The van der Waals surface area contributed by atoms with E-state index in [1.165, 1.54) is 0 Å². The predicted molar refractivity (Wildman–Crippen MR) is 127 cm³/mol. The van der Waals surface area contributed by atoms with Crippen LogP contribution in [0.25, 0.3) is 0 Å². The molecule has 1 aromatic rings.